The first-order valence-corrected chi connectivity index (χ1v) is 8.32. The average Bonchev–Trinajstić information content (AvgIpc) is 2.78. The minimum Gasteiger partial charge on any atom is -0.343 e. The molecule has 0 aromatic heterocycles. The Morgan fingerprint density at radius 3 is 2.09 bits per heavy atom. The van der Waals surface area contributed by atoms with E-state index in [-0.39, 0.29) is 24.8 Å². The van der Waals surface area contributed by atoms with Crippen LogP contribution in [0.1, 0.15) is 44.9 Å². The number of piperidine rings is 2. The molecular weight excluding hydrogens is 321 g/mol. The van der Waals surface area contributed by atoms with E-state index in [0.717, 1.165) is 32.4 Å². The molecule has 0 aromatic carbocycles. The summed E-state index contributed by atoms with van der Waals surface area (Å²) in [6, 6.07) is 2.06. The molecule has 3 aliphatic rings. The summed E-state index contributed by atoms with van der Waals surface area (Å²) in [6.07, 6.45) is 8.15. The van der Waals surface area contributed by atoms with E-state index in [2.05, 4.69) is 29.2 Å². The summed E-state index contributed by atoms with van der Waals surface area (Å²) in [5.74, 6) is 1.04. The molecule has 2 atom stereocenters. The lowest BCUT2D eigenvalue weighted by atomic mass is 9.89. The fraction of sp³-hybridized carbons (Fsp3) is 0.938. The van der Waals surface area contributed by atoms with Crippen molar-refractivity contribution in [2.45, 2.75) is 63.1 Å². The molecule has 0 aromatic rings. The van der Waals surface area contributed by atoms with Crippen LogP contribution >= 0.6 is 24.8 Å². The number of hydrogen-bond acceptors (Lipinski definition) is 3. The number of halogens is 2. The Kier molecular flexibility index (Phi) is 7.93. The largest absolute Gasteiger partial charge is 0.343 e. The van der Waals surface area contributed by atoms with Gasteiger partial charge in [0.25, 0.3) is 0 Å². The van der Waals surface area contributed by atoms with Crippen molar-refractivity contribution < 1.29 is 4.79 Å². The highest BCUT2D eigenvalue weighted by atomic mass is 35.5. The van der Waals surface area contributed by atoms with E-state index in [1.54, 1.807) is 0 Å². The Labute approximate surface area is 147 Å². The normalized spacial score (nSPS) is 31.6. The molecule has 3 rings (SSSR count). The molecule has 2 bridgehead atoms. The smallest absolute Gasteiger partial charge is 0.222 e. The van der Waals surface area contributed by atoms with Crippen LogP contribution in [-0.2, 0) is 4.79 Å². The van der Waals surface area contributed by atoms with Gasteiger partial charge in [-0.1, -0.05) is 0 Å². The Morgan fingerprint density at radius 2 is 1.59 bits per heavy atom. The molecule has 3 fully saturated rings. The second-order valence-electron chi connectivity index (χ2n) is 7.25. The molecule has 4 nitrogen and oxygen atoms in total. The van der Waals surface area contributed by atoms with Gasteiger partial charge >= 0.3 is 0 Å². The molecule has 0 aliphatic carbocycles. The van der Waals surface area contributed by atoms with Crippen LogP contribution < -0.4 is 5.32 Å². The van der Waals surface area contributed by atoms with Gasteiger partial charge in [0.2, 0.25) is 5.91 Å². The van der Waals surface area contributed by atoms with Crippen LogP contribution in [-0.4, -0.2) is 61.0 Å². The van der Waals surface area contributed by atoms with Gasteiger partial charge in [-0.25, -0.2) is 0 Å². The van der Waals surface area contributed by atoms with Crippen molar-refractivity contribution in [2.24, 2.45) is 5.92 Å². The summed E-state index contributed by atoms with van der Waals surface area (Å²) in [5.41, 5.74) is 0. The molecule has 0 spiro atoms. The topological polar surface area (TPSA) is 35.6 Å². The van der Waals surface area contributed by atoms with Gasteiger partial charge in [-0.15, -0.1) is 24.8 Å². The summed E-state index contributed by atoms with van der Waals surface area (Å²) >= 11 is 0. The van der Waals surface area contributed by atoms with Crippen LogP contribution in [0.25, 0.3) is 0 Å². The SMILES string of the molecule is CN(C)C1CCN(C(=O)CC2CC3CCC(C2)N3)CC1.Cl.Cl. The fourth-order valence-electron chi connectivity index (χ4n) is 4.35. The first-order valence-electron chi connectivity index (χ1n) is 8.32. The van der Waals surface area contributed by atoms with Crippen LogP contribution in [0.5, 0.6) is 0 Å². The molecule has 3 aliphatic heterocycles. The quantitative estimate of drug-likeness (QED) is 0.847. The molecular formula is C16H31Cl2N3O. The number of carbonyl (C=O) groups excluding carboxylic acids is 1. The Balaban J connectivity index is 0.00000121. The number of rotatable bonds is 3. The summed E-state index contributed by atoms with van der Waals surface area (Å²) in [7, 11) is 4.29. The lowest BCUT2D eigenvalue weighted by Gasteiger charge is -2.36. The molecule has 1 N–H and O–H groups in total. The van der Waals surface area contributed by atoms with Crippen molar-refractivity contribution in [1.29, 1.82) is 0 Å². The second kappa shape index (κ2) is 8.72. The van der Waals surface area contributed by atoms with Gasteiger partial charge in [-0.2, -0.15) is 0 Å². The molecule has 2 unspecified atom stereocenters. The van der Waals surface area contributed by atoms with E-state index in [1.807, 2.05) is 0 Å². The number of amides is 1. The third-order valence-electron chi connectivity index (χ3n) is 5.58. The van der Waals surface area contributed by atoms with E-state index in [4.69, 9.17) is 0 Å². The molecule has 1 amide bonds. The zero-order valence-electron chi connectivity index (χ0n) is 13.8. The zero-order valence-corrected chi connectivity index (χ0v) is 15.4. The first-order chi connectivity index (χ1) is 9.61. The third-order valence-corrected chi connectivity index (χ3v) is 5.58. The molecule has 0 saturated carbocycles. The van der Waals surface area contributed by atoms with Crippen LogP contribution in [0, 0.1) is 5.92 Å². The molecule has 3 heterocycles. The number of hydrogen-bond donors (Lipinski definition) is 1. The van der Waals surface area contributed by atoms with Gasteiger partial charge in [0.15, 0.2) is 0 Å². The lowest BCUT2D eigenvalue weighted by molar-refractivity contribution is -0.134. The van der Waals surface area contributed by atoms with E-state index < -0.39 is 0 Å². The van der Waals surface area contributed by atoms with Crippen molar-refractivity contribution >= 4 is 30.7 Å². The highest BCUT2D eigenvalue weighted by Crippen LogP contribution is 2.33. The highest BCUT2D eigenvalue weighted by Gasteiger charge is 2.35. The monoisotopic (exact) mass is 351 g/mol. The average molecular weight is 352 g/mol. The lowest BCUT2D eigenvalue weighted by Crippen LogP contribution is -2.46. The number of nitrogens with one attached hydrogen (secondary N) is 1. The molecule has 130 valence electrons. The van der Waals surface area contributed by atoms with Crippen LogP contribution in [0.4, 0.5) is 0 Å². The fourth-order valence-corrected chi connectivity index (χ4v) is 4.35. The van der Waals surface area contributed by atoms with Crippen LogP contribution in [0.3, 0.4) is 0 Å². The third kappa shape index (κ3) is 4.73. The minimum atomic E-state index is 0. The highest BCUT2D eigenvalue weighted by molar-refractivity contribution is 5.85. The van der Waals surface area contributed by atoms with Gasteiger partial charge in [-0.05, 0) is 58.5 Å². The maximum atomic E-state index is 12.5. The second-order valence-corrected chi connectivity index (χ2v) is 7.25. The maximum Gasteiger partial charge on any atom is 0.222 e. The first kappa shape index (κ1) is 20.0. The minimum absolute atomic E-state index is 0. The van der Waals surface area contributed by atoms with E-state index in [0.29, 0.717) is 30.0 Å². The summed E-state index contributed by atoms with van der Waals surface area (Å²) in [4.78, 5) is 16.9. The number of nitrogens with zero attached hydrogens (tertiary/aromatic N) is 2. The number of fused-ring (bicyclic) bond motifs is 2. The molecule has 0 radical (unpaired) electrons. The molecule has 6 heteroatoms. The van der Waals surface area contributed by atoms with Crippen molar-refractivity contribution in [3.05, 3.63) is 0 Å². The molecule has 3 saturated heterocycles. The number of likely N-dealkylation sites (tertiary alicyclic amines) is 1. The van der Waals surface area contributed by atoms with Crippen molar-refractivity contribution in [3.63, 3.8) is 0 Å². The van der Waals surface area contributed by atoms with Crippen molar-refractivity contribution in [3.8, 4) is 0 Å². The van der Waals surface area contributed by atoms with Gasteiger partial charge in [-0.3, -0.25) is 4.79 Å². The van der Waals surface area contributed by atoms with Crippen LogP contribution in [0.2, 0.25) is 0 Å². The van der Waals surface area contributed by atoms with E-state index in [1.165, 1.54) is 25.7 Å². The van der Waals surface area contributed by atoms with Gasteiger partial charge in [0, 0.05) is 37.6 Å². The number of carbonyl (C=O) groups is 1. The summed E-state index contributed by atoms with van der Waals surface area (Å²) in [5, 5.41) is 3.66. The van der Waals surface area contributed by atoms with E-state index in [9.17, 15) is 4.79 Å². The maximum absolute atomic E-state index is 12.5. The standard InChI is InChI=1S/C16H29N3O.2ClH/c1-18(2)15-5-7-19(8-6-15)16(20)11-12-9-13-3-4-14(10-12)17-13;;/h12-15,17H,3-11H2,1-2H3;2*1H. The van der Waals surface area contributed by atoms with Crippen LogP contribution in [0.15, 0.2) is 0 Å². The summed E-state index contributed by atoms with van der Waals surface area (Å²) < 4.78 is 0. The van der Waals surface area contributed by atoms with E-state index >= 15 is 0 Å². The predicted molar refractivity (Wildman–Crippen MR) is 95.1 cm³/mol. The zero-order chi connectivity index (χ0) is 14.1. The van der Waals surface area contributed by atoms with Gasteiger partial charge in [0.05, 0.1) is 0 Å². The van der Waals surface area contributed by atoms with Gasteiger partial charge in [0.1, 0.15) is 0 Å². The predicted octanol–water partition coefficient (Wildman–Crippen LogP) is 2.30. The van der Waals surface area contributed by atoms with Gasteiger partial charge < -0.3 is 15.1 Å². The van der Waals surface area contributed by atoms with Crippen molar-refractivity contribution in [1.82, 2.24) is 15.1 Å². The Bertz CT molecular complexity index is 347. The Morgan fingerprint density at radius 1 is 1.05 bits per heavy atom. The molecule has 22 heavy (non-hydrogen) atoms. The van der Waals surface area contributed by atoms with Crippen molar-refractivity contribution in [2.75, 3.05) is 27.2 Å². The summed E-state index contributed by atoms with van der Waals surface area (Å²) in [6.45, 7) is 1.92. The Hall–Kier alpha value is -0.0300.